The molecule has 1 aromatic heterocycles. The molecule has 0 spiro atoms. The molecule has 1 unspecified atom stereocenters. The third kappa shape index (κ3) is 3.74. The van der Waals surface area contributed by atoms with Crippen LogP contribution in [0.5, 0.6) is 5.75 Å². The Balaban J connectivity index is 1.83. The first-order valence-corrected chi connectivity index (χ1v) is 7.27. The number of benzene rings is 1. The number of rotatable bonds is 5. The predicted octanol–water partition coefficient (Wildman–Crippen LogP) is 2.84. The largest absolute Gasteiger partial charge is 0.491 e. The molecule has 5 heteroatoms. The minimum absolute atomic E-state index is 0.0923. The zero-order valence-electron chi connectivity index (χ0n) is 11.6. The van der Waals surface area contributed by atoms with Gasteiger partial charge in [0.15, 0.2) is 0 Å². The summed E-state index contributed by atoms with van der Waals surface area (Å²) in [5.41, 5.74) is 7.41. The van der Waals surface area contributed by atoms with Gasteiger partial charge in [0.2, 0.25) is 0 Å². The summed E-state index contributed by atoms with van der Waals surface area (Å²) in [5, 5.41) is 4.67. The Morgan fingerprint density at radius 1 is 1.35 bits per heavy atom. The van der Waals surface area contributed by atoms with Crippen LogP contribution in [-0.4, -0.2) is 18.6 Å². The number of hydrogen-bond donors (Lipinski definition) is 2. The Bertz CT molecular complexity index is 578. The smallest absolute Gasteiger partial charge is 0.263 e. The van der Waals surface area contributed by atoms with Gasteiger partial charge in [0.1, 0.15) is 17.2 Å². The molecule has 0 fully saturated rings. The molecule has 0 aliphatic carbocycles. The lowest BCUT2D eigenvalue weighted by molar-refractivity contribution is 0.0931. The Labute approximate surface area is 122 Å². The van der Waals surface area contributed by atoms with Gasteiger partial charge >= 0.3 is 0 Å². The summed E-state index contributed by atoms with van der Waals surface area (Å²) in [4.78, 5) is 12.5. The molecule has 4 nitrogen and oxygen atoms in total. The summed E-state index contributed by atoms with van der Waals surface area (Å²) in [5.74, 6) is 0.643. The highest BCUT2D eigenvalue weighted by molar-refractivity contribution is 7.12. The van der Waals surface area contributed by atoms with Crippen LogP contribution in [0.3, 0.4) is 0 Å². The first-order valence-electron chi connectivity index (χ1n) is 6.39. The van der Waals surface area contributed by atoms with Crippen LogP contribution < -0.4 is 15.8 Å². The van der Waals surface area contributed by atoms with Crippen LogP contribution in [0, 0.1) is 6.92 Å². The SMILES string of the molecule is Cc1ccc(OCC(C)NC(=O)c2sccc2N)cc1. The van der Waals surface area contributed by atoms with Gasteiger partial charge in [-0.25, -0.2) is 0 Å². The van der Waals surface area contributed by atoms with E-state index in [2.05, 4.69) is 5.32 Å². The van der Waals surface area contributed by atoms with Crippen molar-refractivity contribution in [2.75, 3.05) is 12.3 Å². The second-order valence-electron chi connectivity index (χ2n) is 4.70. The lowest BCUT2D eigenvalue weighted by atomic mass is 10.2. The zero-order chi connectivity index (χ0) is 14.5. The molecule has 1 amide bonds. The molecule has 3 N–H and O–H groups in total. The quantitative estimate of drug-likeness (QED) is 0.890. The third-order valence-corrected chi connectivity index (χ3v) is 3.73. The van der Waals surface area contributed by atoms with Crippen molar-refractivity contribution in [1.29, 1.82) is 0 Å². The second kappa shape index (κ2) is 6.43. The maximum atomic E-state index is 12.0. The standard InChI is InChI=1S/C15H18N2O2S/c1-10-3-5-12(6-4-10)19-9-11(2)17-15(18)14-13(16)7-8-20-14/h3-8,11H,9,16H2,1-2H3,(H,17,18). The molecule has 1 atom stereocenters. The van der Waals surface area contributed by atoms with Gasteiger partial charge in [-0.3, -0.25) is 4.79 Å². The highest BCUT2D eigenvalue weighted by Gasteiger charge is 2.14. The summed E-state index contributed by atoms with van der Waals surface area (Å²) >= 11 is 1.34. The molecule has 0 bridgehead atoms. The normalized spacial score (nSPS) is 11.9. The van der Waals surface area contributed by atoms with Crippen molar-refractivity contribution in [3.8, 4) is 5.75 Å². The van der Waals surface area contributed by atoms with Crippen LogP contribution in [-0.2, 0) is 0 Å². The number of thiophene rings is 1. The number of aryl methyl sites for hydroxylation is 1. The Kier molecular flexibility index (Phi) is 4.63. The van der Waals surface area contributed by atoms with E-state index in [-0.39, 0.29) is 11.9 Å². The number of nitrogens with one attached hydrogen (secondary N) is 1. The fraction of sp³-hybridized carbons (Fsp3) is 0.267. The molecule has 2 rings (SSSR count). The van der Waals surface area contributed by atoms with Gasteiger partial charge in [-0.05, 0) is 37.4 Å². The molecule has 1 aromatic carbocycles. The number of amides is 1. The van der Waals surface area contributed by atoms with Gasteiger partial charge in [0, 0.05) is 0 Å². The molecule has 0 radical (unpaired) electrons. The van der Waals surface area contributed by atoms with Gasteiger partial charge in [0.25, 0.3) is 5.91 Å². The predicted molar refractivity (Wildman–Crippen MR) is 82.3 cm³/mol. The molecule has 0 aliphatic heterocycles. The fourth-order valence-electron chi connectivity index (χ4n) is 1.69. The van der Waals surface area contributed by atoms with E-state index in [1.807, 2.05) is 38.1 Å². The lowest BCUT2D eigenvalue weighted by Crippen LogP contribution is -2.36. The van der Waals surface area contributed by atoms with Crippen LogP contribution in [0.15, 0.2) is 35.7 Å². The molecule has 0 saturated heterocycles. The number of carbonyl (C=O) groups excluding carboxylic acids is 1. The van der Waals surface area contributed by atoms with E-state index in [0.29, 0.717) is 17.2 Å². The van der Waals surface area contributed by atoms with E-state index in [9.17, 15) is 4.79 Å². The topological polar surface area (TPSA) is 64.3 Å². The Morgan fingerprint density at radius 3 is 2.65 bits per heavy atom. The summed E-state index contributed by atoms with van der Waals surface area (Å²) in [6.45, 7) is 4.34. The third-order valence-electron chi connectivity index (χ3n) is 2.80. The zero-order valence-corrected chi connectivity index (χ0v) is 12.4. The van der Waals surface area contributed by atoms with Crippen molar-refractivity contribution in [3.63, 3.8) is 0 Å². The van der Waals surface area contributed by atoms with E-state index in [1.165, 1.54) is 16.9 Å². The summed E-state index contributed by atoms with van der Waals surface area (Å²) in [6, 6.07) is 9.45. The Morgan fingerprint density at radius 2 is 2.05 bits per heavy atom. The second-order valence-corrected chi connectivity index (χ2v) is 5.62. The molecule has 0 saturated carbocycles. The van der Waals surface area contributed by atoms with E-state index in [4.69, 9.17) is 10.5 Å². The maximum Gasteiger partial charge on any atom is 0.263 e. The molecule has 106 valence electrons. The number of nitrogens with two attached hydrogens (primary N) is 1. The number of hydrogen-bond acceptors (Lipinski definition) is 4. The number of carbonyl (C=O) groups is 1. The first kappa shape index (κ1) is 14.4. The minimum atomic E-state index is -0.155. The van der Waals surface area contributed by atoms with Crippen LogP contribution in [0.25, 0.3) is 0 Å². The number of nitrogen functional groups attached to an aromatic ring is 1. The average Bonchev–Trinajstić information content (AvgIpc) is 2.84. The monoisotopic (exact) mass is 290 g/mol. The summed E-state index contributed by atoms with van der Waals surface area (Å²) in [7, 11) is 0. The lowest BCUT2D eigenvalue weighted by Gasteiger charge is -2.15. The molecule has 20 heavy (non-hydrogen) atoms. The van der Waals surface area contributed by atoms with Gasteiger partial charge in [-0.15, -0.1) is 11.3 Å². The van der Waals surface area contributed by atoms with E-state index >= 15 is 0 Å². The summed E-state index contributed by atoms with van der Waals surface area (Å²) in [6.07, 6.45) is 0. The van der Waals surface area contributed by atoms with Crippen LogP contribution in [0.4, 0.5) is 5.69 Å². The Hall–Kier alpha value is -2.01. The maximum absolute atomic E-state index is 12.0. The number of anilines is 1. The van der Waals surface area contributed by atoms with Crippen molar-refractivity contribution in [2.24, 2.45) is 0 Å². The van der Waals surface area contributed by atoms with Gasteiger partial charge in [-0.2, -0.15) is 0 Å². The number of ether oxygens (including phenoxy) is 1. The highest BCUT2D eigenvalue weighted by Crippen LogP contribution is 2.18. The van der Waals surface area contributed by atoms with Crippen molar-refractivity contribution in [3.05, 3.63) is 46.2 Å². The fourth-order valence-corrected chi connectivity index (χ4v) is 2.41. The van der Waals surface area contributed by atoms with Gasteiger partial charge in [-0.1, -0.05) is 17.7 Å². The average molecular weight is 290 g/mol. The molecule has 1 heterocycles. The van der Waals surface area contributed by atoms with Crippen molar-refractivity contribution < 1.29 is 9.53 Å². The van der Waals surface area contributed by atoms with Crippen molar-refractivity contribution in [2.45, 2.75) is 19.9 Å². The van der Waals surface area contributed by atoms with Crippen LogP contribution in [0.1, 0.15) is 22.2 Å². The van der Waals surface area contributed by atoms with Gasteiger partial charge < -0.3 is 15.8 Å². The highest BCUT2D eigenvalue weighted by atomic mass is 32.1. The van der Waals surface area contributed by atoms with Gasteiger partial charge in [0.05, 0.1) is 11.7 Å². The molecule has 2 aromatic rings. The first-order chi connectivity index (χ1) is 9.56. The molecular formula is C15H18N2O2S. The van der Waals surface area contributed by atoms with E-state index in [0.717, 1.165) is 5.75 Å². The van der Waals surface area contributed by atoms with E-state index in [1.54, 1.807) is 11.4 Å². The molecule has 0 aliphatic rings. The minimum Gasteiger partial charge on any atom is -0.491 e. The van der Waals surface area contributed by atoms with Crippen LogP contribution in [0.2, 0.25) is 0 Å². The van der Waals surface area contributed by atoms with E-state index < -0.39 is 0 Å². The van der Waals surface area contributed by atoms with Crippen LogP contribution >= 0.6 is 11.3 Å². The summed E-state index contributed by atoms with van der Waals surface area (Å²) < 4.78 is 5.63. The van der Waals surface area contributed by atoms with Crippen molar-refractivity contribution >= 4 is 22.9 Å². The van der Waals surface area contributed by atoms with Crippen molar-refractivity contribution in [1.82, 2.24) is 5.32 Å². The molecular weight excluding hydrogens is 272 g/mol.